The van der Waals surface area contributed by atoms with Crippen LogP contribution in [0.2, 0.25) is 0 Å². The first kappa shape index (κ1) is 19.3. The molecule has 0 saturated heterocycles. The van der Waals surface area contributed by atoms with E-state index in [1.165, 1.54) is 15.9 Å². The molecule has 0 spiro atoms. The Balaban J connectivity index is 1.50. The number of pyridine rings is 1. The van der Waals surface area contributed by atoms with E-state index in [0.29, 0.717) is 15.3 Å². The second kappa shape index (κ2) is 7.92. The van der Waals surface area contributed by atoms with Gasteiger partial charge in [0.15, 0.2) is 5.82 Å². The summed E-state index contributed by atoms with van der Waals surface area (Å²) in [6, 6.07) is 23.5. The van der Waals surface area contributed by atoms with E-state index in [4.69, 9.17) is 5.10 Å². The van der Waals surface area contributed by atoms with E-state index in [9.17, 15) is 4.79 Å². The lowest BCUT2D eigenvalue weighted by atomic mass is 10.1. The Morgan fingerprint density at radius 3 is 2.33 bits per heavy atom. The van der Waals surface area contributed by atoms with Crippen molar-refractivity contribution in [3.05, 3.63) is 112 Å². The van der Waals surface area contributed by atoms with Crippen LogP contribution < -0.4 is 10.1 Å². The molecule has 0 fully saturated rings. The summed E-state index contributed by atoms with van der Waals surface area (Å²) in [6.07, 6.45) is 7.17. The summed E-state index contributed by atoms with van der Waals surface area (Å²) in [5, 5.41) is 9.22. The van der Waals surface area contributed by atoms with Gasteiger partial charge in [0.25, 0.3) is 5.56 Å². The number of benzene rings is 2. The zero-order valence-corrected chi connectivity index (χ0v) is 18.1. The molecule has 6 aromatic rings. The largest absolute Gasteiger partial charge is 0.291 e. The zero-order chi connectivity index (χ0) is 22.2. The second-order valence-corrected chi connectivity index (χ2v) is 8.38. The van der Waals surface area contributed by atoms with Gasteiger partial charge in [-0.05, 0) is 30.3 Å². The molecule has 4 aromatic heterocycles. The number of aromatic nitrogens is 6. The molecule has 0 saturated carbocycles. The number of hydrogen-bond acceptors (Lipinski definition) is 6. The number of fused-ring (bicyclic) bond motifs is 1. The second-order valence-electron chi connectivity index (χ2n) is 7.37. The summed E-state index contributed by atoms with van der Waals surface area (Å²) in [4.78, 5) is 22.3. The van der Waals surface area contributed by atoms with E-state index in [1.807, 2.05) is 89.8 Å². The van der Waals surface area contributed by atoms with E-state index < -0.39 is 0 Å². The van der Waals surface area contributed by atoms with Crippen LogP contribution in [0.4, 0.5) is 0 Å². The minimum atomic E-state index is -0.205. The highest BCUT2D eigenvalue weighted by Crippen LogP contribution is 2.24. The summed E-state index contributed by atoms with van der Waals surface area (Å²) >= 11 is 1.31. The topological polar surface area (TPSA) is 78.0 Å². The van der Waals surface area contributed by atoms with Gasteiger partial charge in [0.05, 0.1) is 15.9 Å². The van der Waals surface area contributed by atoms with Crippen molar-refractivity contribution in [2.75, 3.05) is 0 Å². The average Bonchev–Trinajstić information content (AvgIpc) is 3.56. The average molecular weight is 449 g/mol. The molecule has 0 radical (unpaired) electrons. The molecule has 7 nitrogen and oxygen atoms in total. The Labute approximate surface area is 191 Å². The maximum absolute atomic E-state index is 13.1. The number of hydrogen-bond donors (Lipinski definition) is 0. The third kappa shape index (κ3) is 3.52. The lowest BCUT2D eigenvalue weighted by Crippen LogP contribution is -2.23. The van der Waals surface area contributed by atoms with E-state index in [-0.39, 0.29) is 5.56 Å². The molecule has 0 unspecified atom stereocenters. The van der Waals surface area contributed by atoms with Gasteiger partial charge < -0.3 is 0 Å². The quantitative estimate of drug-likeness (QED) is 0.412. The zero-order valence-electron chi connectivity index (χ0n) is 17.2. The Kier molecular flexibility index (Phi) is 4.63. The summed E-state index contributed by atoms with van der Waals surface area (Å²) in [5.74, 6) is 0.486. The first-order chi connectivity index (χ1) is 16.3. The molecular weight excluding hydrogens is 432 g/mol. The predicted molar refractivity (Wildman–Crippen MR) is 128 cm³/mol. The highest BCUT2D eigenvalue weighted by molar-refractivity contribution is 7.15. The standard InChI is InChI=1S/C25H16N6OS/c32-24-21(33-25-27-23(29-31(24)25)18-10-7-13-26-15-18)14-19-16-30(20-11-5-2-6-12-20)28-22(19)17-8-3-1-4-9-17/h1-16H/b21-14-. The highest BCUT2D eigenvalue weighted by Gasteiger charge is 2.14. The maximum atomic E-state index is 13.1. The fourth-order valence-corrected chi connectivity index (χ4v) is 4.52. The van der Waals surface area contributed by atoms with Crippen LogP contribution in [0.15, 0.2) is 96.2 Å². The molecule has 4 heterocycles. The molecule has 0 amide bonds. The van der Waals surface area contributed by atoms with Gasteiger partial charge in [-0.25, -0.2) is 4.68 Å². The number of nitrogens with zero attached hydrogens (tertiary/aromatic N) is 6. The molecule has 2 aromatic carbocycles. The highest BCUT2D eigenvalue weighted by atomic mass is 32.1. The predicted octanol–water partition coefficient (Wildman–Crippen LogP) is 3.61. The van der Waals surface area contributed by atoms with Gasteiger partial charge in [0.2, 0.25) is 4.96 Å². The van der Waals surface area contributed by atoms with E-state index in [2.05, 4.69) is 15.1 Å². The van der Waals surface area contributed by atoms with Crippen molar-refractivity contribution in [1.82, 2.24) is 29.4 Å². The molecule has 6 rings (SSSR count). The molecule has 0 bridgehead atoms. The van der Waals surface area contributed by atoms with Crippen LogP contribution in [0, 0.1) is 0 Å². The molecular formula is C25H16N6OS. The molecule has 0 aliphatic rings. The van der Waals surface area contributed by atoms with Crippen LogP contribution in [0.25, 0.3) is 39.4 Å². The third-order valence-electron chi connectivity index (χ3n) is 5.20. The fraction of sp³-hybridized carbons (Fsp3) is 0. The lowest BCUT2D eigenvalue weighted by Gasteiger charge is -2.00. The van der Waals surface area contributed by atoms with Crippen molar-refractivity contribution in [2.45, 2.75) is 0 Å². The van der Waals surface area contributed by atoms with Crippen LogP contribution >= 0.6 is 11.3 Å². The molecule has 158 valence electrons. The van der Waals surface area contributed by atoms with Crippen molar-refractivity contribution >= 4 is 22.4 Å². The SMILES string of the molecule is O=c1/c(=C/c2cn(-c3ccccc3)nc2-c2ccccc2)sc2nc(-c3cccnc3)nn12. The minimum absolute atomic E-state index is 0.205. The number of rotatable bonds is 4. The van der Waals surface area contributed by atoms with Crippen molar-refractivity contribution in [1.29, 1.82) is 0 Å². The molecule has 0 N–H and O–H groups in total. The molecule has 0 aliphatic carbocycles. The van der Waals surface area contributed by atoms with Crippen LogP contribution in [-0.2, 0) is 0 Å². The number of thiazole rings is 1. The number of para-hydroxylation sites is 1. The Hall–Kier alpha value is -4.43. The van der Waals surface area contributed by atoms with Gasteiger partial charge in [0.1, 0.15) is 0 Å². The van der Waals surface area contributed by atoms with Gasteiger partial charge in [-0.15, -0.1) is 5.10 Å². The lowest BCUT2D eigenvalue weighted by molar-refractivity contribution is 0.884. The third-order valence-corrected chi connectivity index (χ3v) is 6.16. The van der Waals surface area contributed by atoms with Gasteiger partial charge in [-0.3, -0.25) is 9.78 Å². The molecule has 8 heteroatoms. The fourth-order valence-electron chi connectivity index (χ4n) is 3.62. The summed E-state index contributed by atoms with van der Waals surface area (Å²) in [6.45, 7) is 0. The van der Waals surface area contributed by atoms with Crippen molar-refractivity contribution in [3.8, 4) is 28.3 Å². The summed E-state index contributed by atoms with van der Waals surface area (Å²) in [7, 11) is 0. The van der Waals surface area contributed by atoms with E-state index in [0.717, 1.165) is 28.1 Å². The normalized spacial score (nSPS) is 11.9. The maximum Gasteiger partial charge on any atom is 0.291 e. The van der Waals surface area contributed by atoms with Crippen LogP contribution in [0.3, 0.4) is 0 Å². The van der Waals surface area contributed by atoms with Crippen molar-refractivity contribution in [2.24, 2.45) is 0 Å². The smallest absolute Gasteiger partial charge is 0.266 e. The first-order valence-electron chi connectivity index (χ1n) is 10.3. The Bertz CT molecular complexity index is 1670. The van der Waals surface area contributed by atoms with Crippen LogP contribution in [0.1, 0.15) is 5.56 Å². The summed E-state index contributed by atoms with van der Waals surface area (Å²) in [5.41, 5.74) is 4.13. The monoisotopic (exact) mass is 448 g/mol. The van der Waals surface area contributed by atoms with Crippen LogP contribution in [-0.4, -0.2) is 29.4 Å². The van der Waals surface area contributed by atoms with Gasteiger partial charge in [-0.2, -0.15) is 14.6 Å². The Morgan fingerprint density at radius 1 is 0.848 bits per heavy atom. The van der Waals surface area contributed by atoms with Gasteiger partial charge >= 0.3 is 0 Å². The van der Waals surface area contributed by atoms with E-state index in [1.54, 1.807) is 12.4 Å². The summed E-state index contributed by atoms with van der Waals surface area (Å²) < 4.78 is 3.73. The van der Waals surface area contributed by atoms with E-state index >= 15 is 0 Å². The van der Waals surface area contributed by atoms with Crippen molar-refractivity contribution < 1.29 is 0 Å². The molecule has 0 aliphatic heterocycles. The molecule has 0 atom stereocenters. The Morgan fingerprint density at radius 2 is 1.61 bits per heavy atom. The molecule has 33 heavy (non-hydrogen) atoms. The first-order valence-corrected chi connectivity index (χ1v) is 11.1. The van der Waals surface area contributed by atoms with Crippen LogP contribution in [0.5, 0.6) is 0 Å². The van der Waals surface area contributed by atoms with Crippen molar-refractivity contribution in [3.63, 3.8) is 0 Å². The van der Waals surface area contributed by atoms with Gasteiger partial charge in [0, 0.05) is 35.3 Å². The van der Waals surface area contributed by atoms with Gasteiger partial charge in [-0.1, -0.05) is 59.9 Å². The minimum Gasteiger partial charge on any atom is -0.266 e.